The number of halogens is 2. The van der Waals surface area contributed by atoms with E-state index in [1.54, 1.807) is 12.1 Å². The lowest BCUT2D eigenvalue weighted by Crippen LogP contribution is -2.12. The van der Waals surface area contributed by atoms with Crippen molar-refractivity contribution in [1.29, 1.82) is 0 Å². The lowest BCUT2D eigenvalue weighted by molar-refractivity contribution is -0.138. The highest BCUT2D eigenvalue weighted by Gasteiger charge is 2.20. The number of rotatable bonds is 20. The van der Waals surface area contributed by atoms with Gasteiger partial charge in [-0.1, -0.05) is 13.2 Å². The van der Waals surface area contributed by atoms with Crippen LogP contribution in [0.1, 0.15) is 59.2 Å². The number of esters is 4. The minimum Gasteiger partial charge on any atom is -0.494 e. The Morgan fingerprint density at radius 1 is 0.542 bits per heavy atom. The molecule has 0 heterocycles. The topological polar surface area (TPSA) is 124 Å². The Morgan fingerprint density at radius 2 is 0.938 bits per heavy atom. The van der Waals surface area contributed by atoms with Crippen LogP contribution in [0.2, 0.25) is 0 Å². The summed E-state index contributed by atoms with van der Waals surface area (Å²) in [5.41, 5.74) is 0.140. The molecule has 0 saturated carbocycles. The predicted octanol–water partition coefficient (Wildman–Crippen LogP) is 6.96. The average Bonchev–Trinajstić information content (AvgIpc) is 3.09. The molecule has 3 aromatic rings. The number of hydrogen-bond acceptors (Lipinski definition) is 10. The predicted molar refractivity (Wildman–Crippen MR) is 170 cm³/mol. The second-order valence-electron chi connectivity index (χ2n) is 10.1. The number of ether oxygens (including phenoxy) is 6. The second-order valence-corrected chi connectivity index (χ2v) is 10.1. The van der Waals surface area contributed by atoms with E-state index in [1.807, 2.05) is 0 Å². The van der Waals surface area contributed by atoms with Crippen molar-refractivity contribution in [2.24, 2.45) is 0 Å². The number of carbonyl (C=O) groups excluding carboxylic acids is 4. The Bertz CT molecular complexity index is 1530. The molecule has 0 spiro atoms. The Labute approximate surface area is 276 Å². The monoisotopic (exact) mass is 666 g/mol. The zero-order valence-electron chi connectivity index (χ0n) is 26.3. The van der Waals surface area contributed by atoms with Crippen molar-refractivity contribution in [2.75, 3.05) is 26.4 Å². The fraction of sp³-hybridized carbons (Fsp3) is 0.278. The van der Waals surface area contributed by atoms with E-state index >= 15 is 0 Å². The van der Waals surface area contributed by atoms with Crippen molar-refractivity contribution >= 4 is 23.9 Å². The molecule has 0 aromatic heterocycles. The van der Waals surface area contributed by atoms with Gasteiger partial charge in [-0.15, -0.1) is 0 Å². The SMILES string of the molecule is C=CC(=O)OCCCCCOc1ccc(C(=O)Oc2cc(F)c(OC(=O)c3ccc(OCCCCCOC(=O)C=C)cc3)c(F)c2)cc1. The highest BCUT2D eigenvalue weighted by molar-refractivity contribution is 5.92. The quantitative estimate of drug-likeness (QED) is 0.0541. The molecule has 0 aliphatic rings. The molecular formula is C36H36F2O10. The van der Waals surface area contributed by atoms with E-state index in [4.69, 9.17) is 28.4 Å². The van der Waals surface area contributed by atoms with Gasteiger partial charge in [-0.05, 0) is 87.1 Å². The summed E-state index contributed by atoms with van der Waals surface area (Å²) in [5, 5.41) is 0. The minimum absolute atomic E-state index is 0.0275. The van der Waals surface area contributed by atoms with Gasteiger partial charge in [0.25, 0.3) is 0 Å². The zero-order valence-corrected chi connectivity index (χ0v) is 26.3. The van der Waals surface area contributed by atoms with E-state index in [-0.39, 0.29) is 11.1 Å². The van der Waals surface area contributed by atoms with E-state index in [0.717, 1.165) is 43.5 Å². The van der Waals surface area contributed by atoms with E-state index in [1.165, 1.54) is 36.4 Å². The molecule has 0 aliphatic heterocycles. The van der Waals surface area contributed by atoms with E-state index in [9.17, 15) is 28.0 Å². The molecule has 254 valence electrons. The Hall–Kier alpha value is -5.52. The largest absolute Gasteiger partial charge is 0.494 e. The summed E-state index contributed by atoms with van der Waals surface area (Å²) in [6, 6.07) is 13.3. The molecule has 0 N–H and O–H groups in total. The first-order valence-electron chi connectivity index (χ1n) is 15.2. The molecule has 0 unspecified atom stereocenters. The molecule has 12 heteroatoms. The first kappa shape index (κ1) is 36.9. The van der Waals surface area contributed by atoms with Gasteiger partial charge >= 0.3 is 23.9 Å². The van der Waals surface area contributed by atoms with Gasteiger partial charge in [0, 0.05) is 24.3 Å². The summed E-state index contributed by atoms with van der Waals surface area (Å²) >= 11 is 0. The molecule has 0 saturated heterocycles. The van der Waals surface area contributed by atoms with Crippen molar-refractivity contribution in [3.8, 4) is 23.0 Å². The van der Waals surface area contributed by atoms with Gasteiger partial charge in [-0.3, -0.25) is 0 Å². The van der Waals surface area contributed by atoms with Crippen molar-refractivity contribution < 1.29 is 56.4 Å². The molecule has 0 fully saturated rings. The minimum atomic E-state index is -1.24. The van der Waals surface area contributed by atoms with Crippen LogP contribution in [0.5, 0.6) is 23.0 Å². The van der Waals surface area contributed by atoms with Crippen LogP contribution >= 0.6 is 0 Å². The number of hydrogen-bond donors (Lipinski definition) is 0. The zero-order chi connectivity index (χ0) is 34.7. The normalized spacial score (nSPS) is 10.4. The number of benzene rings is 3. The van der Waals surface area contributed by atoms with Gasteiger partial charge < -0.3 is 28.4 Å². The summed E-state index contributed by atoms with van der Waals surface area (Å²) in [6.45, 7) is 8.06. The molecular weight excluding hydrogens is 630 g/mol. The fourth-order valence-electron chi connectivity index (χ4n) is 3.99. The van der Waals surface area contributed by atoms with Crippen molar-refractivity contribution in [2.45, 2.75) is 38.5 Å². The number of carbonyl (C=O) groups is 4. The van der Waals surface area contributed by atoms with Gasteiger partial charge in [0.2, 0.25) is 5.75 Å². The lowest BCUT2D eigenvalue weighted by Gasteiger charge is -2.11. The molecule has 0 amide bonds. The van der Waals surface area contributed by atoms with Crippen molar-refractivity contribution in [3.05, 3.63) is 109 Å². The molecule has 0 radical (unpaired) electrons. The Kier molecular flexibility index (Phi) is 15.3. The first-order chi connectivity index (χ1) is 23.2. The summed E-state index contributed by atoms with van der Waals surface area (Å²) in [4.78, 5) is 47.1. The van der Waals surface area contributed by atoms with Gasteiger partial charge in [-0.2, -0.15) is 0 Å². The van der Waals surface area contributed by atoms with Gasteiger partial charge in [0.05, 0.1) is 37.6 Å². The van der Waals surface area contributed by atoms with Crippen LogP contribution in [0.25, 0.3) is 0 Å². The molecule has 3 aromatic carbocycles. The van der Waals surface area contributed by atoms with E-state index < -0.39 is 47.0 Å². The molecule has 10 nitrogen and oxygen atoms in total. The third-order valence-corrected chi connectivity index (χ3v) is 6.49. The standard InChI is InChI=1S/C36H36F2O10/c1-3-32(39)45-21-9-5-7-19-43-27-15-11-25(12-16-27)35(41)47-29-23-30(37)34(31(38)24-29)48-36(42)26-13-17-28(18-14-26)44-20-8-6-10-22-46-33(40)4-2/h3-4,11-18,23-24H,1-2,5-10,19-22H2. The van der Waals surface area contributed by atoms with E-state index in [0.29, 0.717) is 57.2 Å². The van der Waals surface area contributed by atoms with Crippen molar-refractivity contribution in [1.82, 2.24) is 0 Å². The third kappa shape index (κ3) is 12.7. The van der Waals surface area contributed by atoms with Gasteiger partial charge in [0.1, 0.15) is 17.2 Å². The summed E-state index contributed by atoms with van der Waals surface area (Å²) in [7, 11) is 0. The van der Waals surface area contributed by atoms with Crippen molar-refractivity contribution in [3.63, 3.8) is 0 Å². The highest BCUT2D eigenvalue weighted by atomic mass is 19.1. The summed E-state index contributed by atoms with van der Waals surface area (Å²) < 4.78 is 60.6. The fourth-order valence-corrected chi connectivity index (χ4v) is 3.99. The van der Waals surface area contributed by atoms with Gasteiger partial charge in [0.15, 0.2) is 11.6 Å². The van der Waals surface area contributed by atoms with Crippen LogP contribution in [0.3, 0.4) is 0 Å². The maximum atomic E-state index is 14.7. The Morgan fingerprint density at radius 3 is 1.35 bits per heavy atom. The smallest absolute Gasteiger partial charge is 0.343 e. The second kappa shape index (κ2) is 19.9. The molecule has 0 atom stereocenters. The van der Waals surface area contributed by atoms with Crippen LogP contribution in [-0.2, 0) is 19.1 Å². The third-order valence-electron chi connectivity index (χ3n) is 6.49. The lowest BCUT2D eigenvalue weighted by atomic mass is 10.2. The van der Waals surface area contributed by atoms with Crippen LogP contribution in [0.15, 0.2) is 86.0 Å². The molecule has 0 aliphatic carbocycles. The van der Waals surface area contributed by atoms with Crippen LogP contribution in [0, 0.1) is 11.6 Å². The Balaban J connectivity index is 1.42. The average molecular weight is 667 g/mol. The summed E-state index contributed by atoms with van der Waals surface area (Å²) in [5.74, 6) is -5.67. The maximum Gasteiger partial charge on any atom is 0.343 e. The van der Waals surface area contributed by atoms with Crippen LogP contribution < -0.4 is 18.9 Å². The van der Waals surface area contributed by atoms with E-state index in [2.05, 4.69) is 13.2 Å². The summed E-state index contributed by atoms with van der Waals surface area (Å²) in [6.07, 6.45) is 6.56. The maximum absolute atomic E-state index is 14.7. The van der Waals surface area contributed by atoms with Crippen LogP contribution in [-0.4, -0.2) is 50.3 Å². The van der Waals surface area contributed by atoms with Gasteiger partial charge in [-0.25, -0.2) is 28.0 Å². The molecule has 3 rings (SSSR count). The number of unbranched alkanes of at least 4 members (excludes halogenated alkanes) is 4. The molecule has 48 heavy (non-hydrogen) atoms. The molecule has 0 bridgehead atoms. The first-order valence-corrected chi connectivity index (χ1v) is 15.2. The van der Waals surface area contributed by atoms with Crippen LogP contribution in [0.4, 0.5) is 8.78 Å². The highest BCUT2D eigenvalue weighted by Crippen LogP contribution is 2.29.